The number of quaternary nitrogens is 2. The third-order valence-corrected chi connectivity index (χ3v) is 8.30. The molecule has 2 saturated heterocycles. The van der Waals surface area contributed by atoms with Crippen molar-refractivity contribution in [2.75, 3.05) is 45.3 Å². The summed E-state index contributed by atoms with van der Waals surface area (Å²) in [6, 6.07) is -1.16. The van der Waals surface area contributed by atoms with E-state index in [1.165, 1.54) is 24.3 Å². The number of nitrogen functional groups attached to an aromatic ring is 1. The van der Waals surface area contributed by atoms with Gasteiger partial charge in [0.15, 0.2) is 16.2 Å². The van der Waals surface area contributed by atoms with Gasteiger partial charge >= 0.3 is 11.9 Å². The molecule has 4 rings (SSSR count). The Balaban J connectivity index is 1.57. The number of oxime groups is 1. The lowest BCUT2D eigenvalue weighted by molar-refractivity contribution is -0.894. The minimum Gasteiger partial charge on any atom is -0.619 e. The van der Waals surface area contributed by atoms with Gasteiger partial charge in [-0.2, -0.15) is 0 Å². The number of β-lactam (4-membered cyclic amide) rings is 1. The van der Waals surface area contributed by atoms with Crippen LogP contribution in [0.2, 0.25) is 0 Å². The normalized spacial score (nSPS) is 28.8. The number of thiazole rings is 1. The molecule has 2 amide bonds. The van der Waals surface area contributed by atoms with Crippen LogP contribution in [0.3, 0.4) is 0 Å². The van der Waals surface area contributed by atoms with Crippen molar-refractivity contribution in [1.82, 2.24) is 10.3 Å². The number of carboxylic acid groups (broad SMARTS) is 1. The Kier molecular flexibility index (Phi) is 6.22. The van der Waals surface area contributed by atoms with Crippen LogP contribution in [0.1, 0.15) is 18.5 Å². The highest BCUT2D eigenvalue weighted by atomic mass is 32.2. The average Bonchev–Trinajstić information content (AvgIpc) is 3.38. The fourth-order valence-corrected chi connectivity index (χ4v) is 6.62. The number of hydroxylamine groups is 3. The number of amides is 2. The standard InChI is InChI=1S/C19H24N6O6S2/c1-24(5-3-4-6-24)7-10-8-32-17-13(16(27)25(17,30)14(10)18(28)29)22-15(26)12(23-31-2)11-9-33-19(20)21-11/h9,13,17H,3-8H2,1-2H3,(H3-,20,21,22,26,28,29)/p+1/b23-12-/t13-,17-,25?/m1/s1. The summed E-state index contributed by atoms with van der Waals surface area (Å²) in [5.41, 5.74) is 5.66. The van der Waals surface area contributed by atoms with Gasteiger partial charge in [-0.15, -0.1) is 11.3 Å². The molecule has 3 aliphatic rings. The van der Waals surface area contributed by atoms with Gasteiger partial charge in [-0.25, -0.2) is 19.2 Å². The van der Waals surface area contributed by atoms with Crippen molar-refractivity contribution in [3.8, 4) is 0 Å². The van der Waals surface area contributed by atoms with Gasteiger partial charge in [-0.05, 0) is 0 Å². The van der Waals surface area contributed by atoms with E-state index in [-0.39, 0.29) is 16.5 Å². The van der Waals surface area contributed by atoms with E-state index >= 15 is 0 Å². The van der Waals surface area contributed by atoms with Crippen molar-refractivity contribution >= 4 is 51.7 Å². The molecule has 12 nitrogen and oxygen atoms in total. The highest BCUT2D eigenvalue weighted by molar-refractivity contribution is 8.00. The number of nitrogens with two attached hydrogens (primary N) is 1. The average molecular weight is 498 g/mol. The highest BCUT2D eigenvalue weighted by Gasteiger charge is 2.66. The molecule has 14 heteroatoms. The topological polar surface area (TPSA) is 167 Å². The molecule has 4 heterocycles. The van der Waals surface area contributed by atoms with Gasteiger partial charge in [0.1, 0.15) is 19.3 Å². The number of hydrogen-bond acceptors (Lipinski definition) is 10. The number of rotatable bonds is 7. The summed E-state index contributed by atoms with van der Waals surface area (Å²) in [5, 5.41) is 30.4. The zero-order chi connectivity index (χ0) is 24.0. The number of carboxylic acids is 1. The van der Waals surface area contributed by atoms with Gasteiger partial charge in [0.25, 0.3) is 5.91 Å². The van der Waals surface area contributed by atoms with Crippen molar-refractivity contribution in [2.24, 2.45) is 5.16 Å². The second-order valence-corrected chi connectivity index (χ2v) is 10.5. The van der Waals surface area contributed by atoms with Crippen LogP contribution in [0, 0.1) is 5.21 Å². The third kappa shape index (κ3) is 4.01. The van der Waals surface area contributed by atoms with Crippen molar-refractivity contribution in [3.63, 3.8) is 0 Å². The summed E-state index contributed by atoms with van der Waals surface area (Å²) in [7, 11) is 3.29. The summed E-state index contributed by atoms with van der Waals surface area (Å²) >= 11 is 2.29. The van der Waals surface area contributed by atoms with Crippen molar-refractivity contribution in [2.45, 2.75) is 24.3 Å². The van der Waals surface area contributed by atoms with E-state index in [0.717, 1.165) is 37.3 Å². The van der Waals surface area contributed by atoms with Crippen molar-refractivity contribution < 1.29 is 33.5 Å². The first-order valence-electron chi connectivity index (χ1n) is 10.3. The first kappa shape index (κ1) is 23.6. The maximum absolute atomic E-state index is 13.6. The summed E-state index contributed by atoms with van der Waals surface area (Å²) in [5.74, 6) is -2.78. The fraction of sp³-hybridized carbons (Fsp3) is 0.526. The van der Waals surface area contributed by atoms with E-state index in [9.17, 15) is 24.7 Å². The maximum Gasteiger partial charge on any atom is 0.391 e. The molecule has 3 aliphatic heterocycles. The number of carbonyl (C=O) groups excluding carboxylic acids is 2. The molecule has 1 aromatic rings. The minimum atomic E-state index is -1.58. The number of aliphatic carboxylic acids is 1. The van der Waals surface area contributed by atoms with Crippen LogP contribution in [0.25, 0.3) is 0 Å². The Morgan fingerprint density at radius 2 is 2.12 bits per heavy atom. The molecule has 178 valence electrons. The number of aromatic nitrogens is 1. The number of hydrogen-bond donors (Lipinski definition) is 3. The Labute approximate surface area is 197 Å². The Morgan fingerprint density at radius 1 is 1.42 bits per heavy atom. The van der Waals surface area contributed by atoms with Crippen LogP contribution < -0.4 is 11.1 Å². The molecule has 0 radical (unpaired) electrons. The highest BCUT2D eigenvalue weighted by Crippen LogP contribution is 2.47. The number of thioether (sulfide) groups is 1. The second-order valence-electron chi connectivity index (χ2n) is 8.53. The summed E-state index contributed by atoms with van der Waals surface area (Å²) in [6.45, 7) is 2.22. The zero-order valence-corrected chi connectivity index (χ0v) is 19.8. The van der Waals surface area contributed by atoms with Crippen LogP contribution in [-0.2, 0) is 19.2 Å². The number of likely N-dealkylation sites (tertiary alicyclic amines) is 1. The quantitative estimate of drug-likeness (QED) is 0.155. The van der Waals surface area contributed by atoms with Crippen LogP contribution in [0.5, 0.6) is 0 Å². The van der Waals surface area contributed by atoms with Crippen molar-refractivity contribution in [1.29, 1.82) is 0 Å². The van der Waals surface area contributed by atoms with Gasteiger partial charge in [0.05, 0.1) is 25.7 Å². The second kappa shape index (κ2) is 8.68. The molecular weight excluding hydrogens is 472 g/mol. The number of fused-ring (bicyclic) bond motifs is 1. The smallest absolute Gasteiger partial charge is 0.391 e. The number of nitrogens with zero attached hydrogens (tertiary/aromatic N) is 4. The van der Waals surface area contributed by atoms with Crippen LogP contribution in [0.4, 0.5) is 5.13 Å². The monoisotopic (exact) mass is 497 g/mol. The molecule has 4 N–H and O–H groups in total. The van der Waals surface area contributed by atoms with E-state index in [0.29, 0.717) is 22.4 Å². The van der Waals surface area contributed by atoms with Gasteiger partial charge < -0.3 is 30.7 Å². The lowest BCUT2D eigenvalue weighted by Crippen LogP contribution is -2.79. The van der Waals surface area contributed by atoms with E-state index in [2.05, 4.69) is 15.5 Å². The lowest BCUT2D eigenvalue weighted by atomic mass is 10.0. The van der Waals surface area contributed by atoms with Gasteiger partial charge in [-0.1, -0.05) is 16.9 Å². The molecule has 1 aromatic heterocycles. The SMILES string of the molecule is CO/N=C(\C(=O)N[C@@H]1C(=O)[N+]2([O-])C(C(=O)O)=C(C[N+]3(C)CCCC3)CS[C@H]12)c1csc(N)n1. The largest absolute Gasteiger partial charge is 0.619 e. The van der Waals surface area contributed by atoms with Gasteiger partial charge in [0, 0.05) is 24.0 Å². The van der Waals surface area contributed by atoms with Gasteiger partial charge in [-0.3, -0.25) is 4.79 Å². The predicted octanol–water partition coefficient (Wildman–Crippen LogP) is 0.0674. The van der Waals surface area contributed by atoms with Crippen LogP contribution in [0.15, 0.2) is 21.8 Å². The minimum absolute atomic E-state index is 0.166. The Bertz CT molecular complexity index is 1060. The molecule has 0 saturated carbocycles. The number of carbonyl (C=O) groups is 3. The molecule has 33 heavy (non-hydrogen) atoms. The molecular formula is C19H25N6O6S2+. The molecule has 1 unspecified atom stereocenters. The number of anilines is 1. The Hall–Kier alpha value is -2.52. The van der Waals surface area contributed by atoms with Crippen molar-refractivity contribution in [3.05, 3.63) is 27.6 Å². The predicted molar refractivity (Wildman–Crippen MR) is 122 cm³/mol. The van der Waals surface area contributed by atoms with Gasteiger partial charge in [0.2, 0.25) is 11.7 Å². The number of likely N-dealkylation sites (N-methyl/N-ethyl adjacent to an activating group) is 1. The van der Waals surface area contributed by atoms with E-state index in [1.807, 2.05) is 7.05 Å². The van der Waals surface area contributed by atoms with E-state index in [1.54, 1.807) is 0 Å². The molecule has 2 fully saturated rings. The van der Waals surface area contributed by atoms with Crippen LogP contribution in [-0.4, -0.2) is 93.7 Å². The Morgan fingerprint density at radius 3 is 2.70 bits per heavy atom. The zero-order valence-electron chi connectivity index (χ0n) is 18.1. The first-order chi connectivity index (χ1) is 15.6. The number of nitrogens with one attached hydrogen (secondary N) is 1. The lowest BCUT2D eigenvalue weighted by Gasteiger charge is -2.57. The van der Waals surface area contributed by atoms with Crippen LogP contribution >= 0.6 is 23.1 Å². The summed E-state index contributed by atoms with van der Waals surface area (Å²) < 4.78 is -0.931. The maximum atomic E-state index is 13.6. The molecule has 3 atom stereocenters. The molecule has 0 bridgehead atoms. The summed E-state index contributed by atoms with van der Waals surface area (Å²) in [4.78, 5) is 46.6. The molecule has 0 spiro atoms. The van der Waals surface area contributed by atoms with E-state index < -0.39 is 39.5 Å². The third-order valence-electron chi connectivity index (χ3n) is 6.20. The molecule has 0 aliphatic carbocycles. The van der Waals surface area contributed by atoms with E-state index in [4.69, 9.17) is 10.6 Å². The fourth-order valence-electron chi connectivity index (χ4n) is 4.68. The summed E-state index contributed by atoms with van der Waals surface area (Å²) in [6.07, 6.45) is 2.09. The first-order valence-corrected chi connectivity index (χ1v) is 12.2. The molecule has 0 aromatic carbocycles.